The molecule has 2 heterocycles. The van der Waals surface area contributed by atoms with Crippen molar-refractivity contribution in [2.24, 2.45) is 4.99 Å². The molecule has 3 aromatic carbocycles. The van der Waals surface area contributed by atoms with Crippen LogP contribution in [0.2, 0.25) is 0 Å². The van der Waals surface area contributed by atoms with E-state index in [1.807, 2.05) is 66.9 Å². The van der Waals surface area contributed by atoms with Crippen LogP contribution in [-0.2, 0) is 19.1 Å². The molecule has 0 N–H and O–H groups in total. The lowest BCUT2D eigenvalue weighted by atomic mass is 9.93. The average Bonchev–Trinajstić information content (AvgIpc) is 3.34. The number of hydrogen-bond acceptors (Lipinski definition) is 9. The monoisotopic (exact) mass is 614 g/mol. The van der Waals surface area contributed by atoms with E-state index in [1.54, 1.807) is 54.5 Å². The second-order valence-electron chi connectivity index (χ2n) is 9.37. The number of aromatic nitrogens is 1. The van der Waals surface area contributed by atoms with E-state index < -0.39 is 18.0 Å². The van der Waals surface area contributed by atoms with Gasteiger partial charge in [0.15, 0.2) is 11.4 Å². The molecule has 0 unspecified atom stereocenters. The highest BCUT2D eigenvalue weighted by Gasteiger charge is 2.35. The molecule has 1 aromatic heterocycles. The van der Waals surface area contributed by atoms with E-state index in [2.05, 4.69) is 0 Å². The maximum absolute atomic E-state index is 14.1. The highest BCUT2D eigenvalue weighted by atomic mass is 32.2. The number of rotatable bonds is 10. The lowest BCUT2D eigenvalue weighted by Gasteiger charge is -2.26. The van der Waals surface area contributed by atoms with Gasteiger partial charge in [-0.2, -0.15) is 0 Å². The summed E-state index contributed by atoms with van der Waals surface area (Å²) in [4.78, 5) is 45.8. The Morgan fingerprint density at radius 3 is 2.42 bits per heavy atom. The Balaban J connectivity index is 1.67. The van der Waals surface area contributed by atoms with Gasteiger partial charge in [-0.3, -0.25) is 9.36 Å². The predicted molar refractivity (Wildman–Crippen MR) is 168 cm³/mol. The number of esters is 2. The molecule has 0 amide bonds. The normalized spacial score (nSPS) is 14.6. The van der Waals surface area contributed by atoms with Crippen molar-refractivity contribution in [1.82, 2.24) is 4.57 Å². The second kappa shape index (κ2) is 13.7. The van der Waals surface area contributed by atoms with E-state index in [9.17, 15) is 14.4 Å². The van der Waals surface area contributed by atoms with Crippen molar-refractivity contribution in [3.63, 3.8) is 0 Å². The van der Waals surface area contributed by atoms with Gasteiger partial charge in [-0.15, -0.1) is 11.8 Å². The fourth-order valence-electron chi connectivity index (χ4n) is 4.73. The van der Waals surface area contributed by atoms with Crippen molar-refractivity contribution in [1.29, 1.82) is 0 Å². The van der Waals surface area contributed by atoms with E-state index in [-0.39, 0.29) is 25.4 Å². The van der Waals surface area contributed by atoms with Crippen LogP contribution >= 0.6 is 23.1 Å². The molecule has 1 aliphatic heterocycles. The summed E-state index contributed by atoms with van der Waals surface area (Å²) in [6, 6.07) is 23.6. The summed E-state index contributed by atoms with van der Waals surface area (Å²) in [5, 5.41) is 0. The molecule has 0 saturated heterocycles. The van der Waals surface area contributed by atoms with Crippen LogP contribution in [0.5, 0.6) is 5.75 Å². The zero-order valence-electron chi connectivity index (χ0n) is 23.9. The first-order valence-electron chi connectivity index (χ1n) is 13.7. The van der Waals surface area contributed by atoms with Gasteiger partial charge in [-0.25, -0.2) is 14.6 Å². The molecule has 0 aliphatic carbocycles. The number of carbonyl (C=O) groups is 2. The number of thiazole rings is 1. The van der Waals surface area contributed by atoms with Crippen LogP contribution in [-0.4, -0.2) is 42.6 Å². The van der Waals surface area contributed by atoms with Crippen molar-refractivity contribution in [3.05, 3.63) is 121 Å². The van der Waals surface area contributed by atoms with Gasteiger partial charge in [0.1, 0.15) is 5.75 Å². The maximum Gasteiger partial charge on any atom is 0.344 e. The summed E-state index contributed by atoms with van der Waals surface area (Å²) < 4.78 is 18.0. The third kappa shape index (κ3) is 6.65. The predicted octanol–water partition coefficient (Wildman–Crippen LogP) is 4.60. The summed E-state index contributed by atoms with van der Waals surface area (Å²) in [5.41, 5.74) is 2.72. The van der Waals surface area contributed by atoms with Gasteiger partial charge < -0.3 is 14.2 Å². The Bertz CT molecular complexity index is 1840. The molecule has 10 heteroatoms. The summed E-state index contributed by atoms with van der Waals surface area (Å²) in [6.45, 7) is 3.73. The summed E-state index contributed by atoms with van der Waals surface area (Å²) in [6.07, 6.45) is 3.75. The molecule has 43 heavy (non-hydrogen) atoms. The Morgan fingerprint density at radius 1 is 0.977 bits per heavy atom. The molecule has 0 radical (unpaired) electrons. The van der Waals surface area contributed by atoms with E-state index in [4.69, 9.17) is 19.2 Å². The molecule has 5 rings (SSSR count). The zero-order chi connectivity index (χ0) is 30.3. The first-order valence-corrected chi connectivity index (χ1v) is 15.8. The van der Waals surface area contributed by atoms with Crippen LogP contribution in [0.1, 0.15) is 36.6 Å². The number of thioether (sulfide) groups is 1. The first-order chi connectivity index (χ1) is 20.9. The number of carbonyl (C=O) groups excluding carboxylic acids is 2. The van der Waals surface area contributed by atoms with Gasteiger partial charge >= 0.3 is 11.9 Å². The lowest BCUT2D eigenvalue weighted by Crippen LogP contribution is -2.40. The highest BCUT2D eigenvalue weighted by molar-refractivity contribution is 7.98. The molecule has 4 aromatic rings. The summed E-state index contributed by atoms with van der Waals surface area (Å²) in [5.74, 6) is -0.513. The third-order valence-electron chi connectivity index (χ3n) is 6.62. The molecule has 1 atom stereocenters. The van der Waals surface area contributed by atoms with Crippen molar-refractivity contribution in [2.45, 2.75) is 24.8 Å². The molecule has 0 fully saturated rings. The van der Waals surface area contributed by atoms with Gasteiger partial charge in [-0.1, -0.05) is 65.9 Å². The van der Waals surface area contributed by atoms with Gasteiger partial charge in [0.05, 0.1) is 35.1 Å². The molecule has 1 aliphatic rings. The number of hydrogen-bond donors (Lipinski definition) is 0. The van der Waals surface area contributed by atoms with E-state index in [0.717, 1.165) is 16.0 Å². The maximum atomic E-state index is 14.1. The molecular weight excluding hydrogens is 585 g/mol. The standard InChI is InChI=1S/C33H30N2O6S2/c1-4-39-27(36)20-41-24-13-9-10-21(18-24)19-26-31(37)35-30(23-14-16-25(42-3)17-15-23)28(32(38)40-5-2)29(34-33(35)43-26)22-11-7-6-8-12-22/h6-19,30H,4-5,20H2,1-3H3/b26-19-/t30-/m0/s1. The number of ether oxygens (including phenoxy) is 3. The average molecular weight is 615 g/mol. The molecule has 0 bridgehead atoms. The molecule has 0 saturated carbocycles. The van der Waals surface area contributed by atoms with Crippen molar-refractivity contribution >= 4 is 46.8 Å². The topological polar surface area (TPSA) is 96.2 Å². The summed E-state index contributed by atoms with van der Waals surface area (Å²) >= 11 is 2.85. The quantitative estimate of drug-likeness (QED) is 0.190. The van der Waals surface area contributed by atoms with Crippen LogP contribution in [0.25, 0.3) is 11.8 Å². The van der Waals surface area contributed by atoms with Crippen LogP contribution < -0.4 is 19.6 Å². The number of nitrogens with zero attached hydrogens (tertiary/aromatic N) is 2. The minimum Gasteiger partial charge on any atom is -0.482 e. The second-order valence-corrected chi connectivity index (χ2v) is 11.3. The largest absolute Gasteiger partial charge is 0.482 e. The SMILES string of the molecule is CCOC(=O)COc1cccc(/C=c2\sc3n(c2=O)[C@@H](c2ccc(SC)cc2)C(C(=O)OCC)=C(c2ccccc2)N=3)c1. The minimum atomic E-state index is -0.747. The van der Waals surface area contributed by atoms with E-state index in [1.165, 1.54) is 11.3 Å². The van der Waals surface area contributed by atoms with Crippen molar-refractivity contribution in [2.75, 3.05) is 26.1 Å². The number of fused-ring (bicyclic) bond motifs is 1. The van der Waals surface area contributed by atoms with E-state index >= 15 is 0 Å². The Labute approximate surface area is 257 Å². The summed E-state index contributed by atoms with van der Waals surface area (Å²) in [7, 11) is 0. The zero-order valence-corrected chi connectivity index (χ0v) is 25.6. The fourth-order valence-corrected chi connectivity index (χ4v) is 6.14. The van der Waals surface area contributed by atoms with Crippen molar-refractivity contribution < 1.29 is 23.8 Å². The van der Waals surface area contributed by atoms with Gasteiger partial charge in [0.25, 0.3) is 5.56 Å². The Morgan fingerprint density at radius 2 is 1.72 bits per heavy atom. The molecule has 0 spiro atoms. The van der Waals surface area contributed by atoms with Crippen LogP contribution in [0.4, 0.5) is 0 Å². The van der Waals surface area contributed by atoms with Gasteiger partial charge in [-0.05, 0) is 61.6 Å². The van der Waals surface area contributed by atoms with Gasteiger partial charge in [0, 0.05) is 10.5 Å². The lowest BCUT2D eigenvalue weighted by molar-refractivity contribution is -0.145. The van der Waals surface area contributed by atoms with Crippen molar-refractivity contribution in [3.8, 4) is 5.75 Å². The highest BCUT2D eigenvalue weighted by Crippen LogP contribution is 2.35. The fraction of sp³-hybridized carbons (Fsp3) is 0.212. The van der Waals surface area contributed by atoms with Gasteiger partial charge in [0.2, 0.25) is 0 Å². The molecule has 8 nitrogen and oxygen atoms in total. The Kier molecular flexibility index (Phi) is 9.58. The van der Waals surface area contributed by atoms with Crippen LogP contribution in [0, 0.1) is 0 Å². The van der Waals surface area contributed by atoms with Crippen LogP contribution in [0.15, 0.2) is 99.1 Å². The minimum absolute atomic E-state index is 0.182. The molecular formula is C33H30N2O6S2. The van der Waals surface area contributed by atoms with Crippen LogP contribution in [0.3, 0.4) is 0 Å². The smallest absolute Gasteiger partial charge is 0.344 e. The van der Waals surface area contributed by atoms with E-state index in [0.29, 0.717) is 31.9 Å². The number of benzene rings is 3. The first kappa shape index (κ1) is 30.1. The Hall–Kier alpha value is -4.41. The third-order valence-corrected chi connectivity index (χ3v) is 8.35. The molecule has 220 valence electrons.